The van der Waals surface area contributed by atoms with E-state index < -0.39 is 0 Å². The van der Waals surface area contributed by atoms with Crippen molar-refractivity contribution in [1.29, 1.82) is 0 Å². The Bertz CT molecular complexity index is 205. The highest BCUT2D eigenvalue weighted by Crippen LogP contribution is 2.24. The summed E-state index contributed by atoms with van der Waals surface area (Å²) in [5.41, 5.74) is 1.71. The van der Waals surface area contributed by atoms with Gasteiger partial charge in [0.15, 0.2) is 0 Å². The van der Waals surface area contributed by atoms with Gasteiger partial charge in [-0.15, -0.1) is 0 Å². The van der Waals surface area contributed by atoms with E-state index in [2.05, 4.69) is 13.0 Å². The van der Waals surface area contributed by atoms with Crippen molar-refractivity contribution in [3.8, 4) is 0 Å². The van der Waals surface area contributed by atoms with Crippen molar-refractivity contribution in [2.24, 2.45) is 5.84 Å². The summed E-state index contributed by atoms with van der Waals surface area (Å²) in [5, 5.41) is 1.89. The molecular weight excluding hydrogens is 208 g/mol. The van der Waals surface area contributed by atoms with Gasteiger partial charge in [0.2, 0.25) is 0 Å². The van der Waals surface area contributed by atoms with Crippen molar-refractivity contribution >= 4 is 0 Å². The normalized spacial score (nSPS) is 19.3. The molecule has 0 aromatic rings. The van der Waals surface area contributed by atoms with Gasteiger partial charge in [0.25, 0.3) is 0 Å². The van der Waals surface area contributed by atoms with Crippen LogP contribution in [0.25, 0.3) is 0 Å². The van der Waals surface area contributed by atoms with Crippen molar-refractivity contribution in [2.45, 2.75) is 71.1 Å². The number of piperidine rings is 1. The zero-order valence-electron chi connectivity index (χ0n) is 11.6. The lowest BCUT2D eigenvalue weighted by molar-refractivity contribution is 0.235. The van der Waals surface area contributed by atoms with Crippen molar-refractivity contribution in [3.63, 3.8) is 0 Å². The van der Waals surface area contributed by atoms with Gasteiger partial charge in [0.05, 0.1) is 0 Å². The Balaban J connectivity index is 0.000000181. The van der Waals surface area contributed by atoms with Gasteiger partial charge in [0.1, 0.15) is 0 Å². The number of hydrogen-bond donors (Lipinski definition) is 1. The minimum absolute atomic E-state index is 1.10. The van der Waals surface area contributed by atoms with Crippen LogP contribution in [-0.4, -0.2) is 18.1 Å². The molecule has 1 aliphatic heterocycles. The summed E-state index contributed by atoms with van der Waals surface area (Å²) in [6.07, 6.45) is 16.1. The van der Waals surface area contributed by atoms with Gasteiger partial charge in [0, 0.05) is 13.1 Å². The standard InChI is InChI=1S/C10H18.C5H12N2/c1-2-3-4-5-6-7-10-8-9-10;6-7-4-2-1-3-5-7/h8H,2-7,9H2,1H3;1-6H2. The lowest BCUT2D eigenvalue weighted by Gasteiger charge is -2.20. The number of hydrogen-bond acceptors (Lipinski definition) is 2. The lowest BCUT2D eigenvalue weighted by Crippen LogP contribution is -2.35. The third kappa shape index (κ3) is 9.37. The summed E-state index contributed by atoms with van der Waals surface area (Å²) in [6, 6.07) is 0. The molecule has 0 aromatic carbocycles. The first kappa shape index (κ1) is 14.7. The highest BCUT2D eigenvalue weighted by Gasteiger charge is 2.04. The van der Waals surface area contributed by atoms with Crippen LogP contribution < -0.4 is 5.84 Å². The maximum atomic E-state index is 5.47. The molecule has 0 saturated carbocycles. The van der Waals surface area contributed by atoms with E-state index in [1.807, 2.05) is 5.01 Å². The molecular formula is C15H30N2. The van der Waals surface area contributed by atoms with Gasteiger partial charge in [-0.2, -0.15) is 0 Å². The number of hydrazine groups is 1. The van der Waals surface area contributed by atoms with Gasteiger partial charge < -0.3 is 0 Å². The molecule has 2 N–H and O–H groups in total. The van der Waals surface area contributed by atoms with E-state index in [-0.39, 0.29) is 0 Å². The van der Waals surface area contributed by atoms with Crippen LogP contribution in [0.3, 0.4) is 0 Å². The van der Waals surface area contributed by atoms with Crippen LogP contribution in [0.4, 0.5) is 0 Å². The summed E-state index contributed by atoms with van der Waals surface area (Å²) >= 11 is 0. The first-order valence-electron chi connectivity index (χ1n) is 7.50. The van der Waals surface area contributed by atoms with Crippen LogP contribution in [0.5, 0.6) is 0 Å². The molecule has 0 unspecified atom stereocenters. The Kier molecular flexibility index (Phi) is 8.37. The summed E-state index contributed by atoms with van der Waals surface area (Å²) in [5.74, 6) is 5.47. The molecule has 2 heteroatoms. The molecule has 100 valence electrons. The molecule has 1 aliphatic carbocycles. The van der Waals surface area contributed by atoms with Crippen LogP contribution in [0.2, 0.25) is 0 Å². The van der Waals surface area contributed by atoms with Crippen molar-refractivity contribution in [1.82, 2.24) is 5.01 Å². The number of nitrogens with two attached hydrogens (primary N) is 1. The molecule has 2 aliphatic rings. The molecule has 0 bridgehead atoms. The fourth-order valence-corrected chi connectivity index (χ4v) is 2.15. The number of rotatable bonds is 6. The first-order chi connectivity index (χ1) is 8.33. The Hall–Kier alpha value is -0.340. The SMILES string of the molecule is CCCCCCCC1=CC1.NN1CCCCC1. The second-order valence-corrected chi connectivity index (χ2v) is 5.33. The molecule has 1 heterocycles. The molecule has 0 spiro atoms. The van der Waals surface area contributed by atoms with E-state index in [4.69, 9.17) is 5.84 Å². The Morgan fingerprint density at radius 3 is 2.18 bits per heavy atom. The van der Waals surface area contributed by atoms with Crippen molar-refractivity contribution < 1.29 is 0 Å². The highest BCUT2D eigenvalue weighted by molar-refractivity contribution is 5.21. The second kappa shape index (κ2) is 9.67. The summed E-state index contributed by atoms with van der Waals surface area (Å²) < 4.78 is 0. The van der Waals surface area contributed by atoms with E-state index >= 15 is 0 Å². The number of unbranched alkanes of at least 4 members (excludes halogenated alkanes) is 4. The molecule has 17 heavy (non-hydrogen) atoms. The summed E-state index contributed by atoms with van der Waals surface area (Å²) in [7, 11) is 0. The summed E-state index contributed by atoms with van der Waals surface area (Å²) in [4.78, 5) is 0. The topological polar surface area (TPSA) is 29.3 Å². The molecule has 0 amide bonds. The molecule has 1 saturated heterocycles. The molecule has 1 fully saturated rings. The van der Waals surface area contributed by atoms with E-state index in [1.54, 1.807) is 5.57 Å². The molecule has 0 radical (unpaired) electrons. The van der Waals surface area contributed by atoms with Crippen LogP contribution >= 0.6 is 0 Å². The quantitative estimate of drug-likeness (QED) is 0.430. The zero-order chi connectivity index (χ0) is 12.3. The van der Waals surface area contributed by atoms with Crippen LogP contribution in [0.15, 0.2) is 11.6 Å². The lowest BCUT2D eigenvalue weighted by atomic mass is 10.1. The minimum Gasteiger partial charge on any atom is -0.269 e. The number of allylic oxidation sites excluding steroid dienone is 2. The minimum atomic E-state index is 1.10. The predicted molar refractivity (Wildman–Crippen MR) is 75.7 cm³/mol. The largest absolute Gasteiger partial charge is 0.269 e. The van der Waals surface area contributed by atoms with Crippen molar-refractivity contribution in [3.05, 3.63) is 11.6 Å². The average molecular weight is 238 g/mol. The van der Waals surface area contributed by atoms with E-state index in [0.29, 0.717) is 0 Å². The van der Waals surface area contributed by atoms with Gasteiger partial charge in [-0.25, -0.2) is 5.01 Å². The Labute approximate surface area is 107 Å². The monoisotopic (exact) mass is 238 g/mol. The van der Waals surface area contributed by atoms with E-state index in [9.17, 15) is 0 Å². The van der Waals surface area contributed by atoms with Crippen molar-refractivity contribution in [2.75, 3.05) is 13.1 Å². The maximum absolute atomic E-state index is 5.47. The second-order valence-electron chi connectivity index (χ2n) is 5.33. The zero-order valence-corrected chi connectivity index (χ0v) is 11.6. The average Bonchev–Trinajstić information content (AvgIpc) is 3.15. The first-order valence-corrected chi connectivity index (χ1v) is 7.50. The van der Waals surface area contributed by atoms with Gasteiger partial charge >= 0.3 is 0 Å². The van der Waals surface area contributed by atoms with E-state index in [0.717, 1.165) is 13.1 Å². The van der Waals surface area contributed by atoms with E-state index in [1.165, 1.54) is 64.2 Å². The third-order valence-electron chi connectivity index (χ3n) is 3.48. The fraction of sp³-hybridized carbons (Fsp3) is 0.867. The predicted octanol–water partition coefficient (Wildman–Crippen LogP) is 4.02. The van der Waals surface area contributed by atoms with Gasteiger partial charge in [-0.05, 0) is 32.1 Å². The number of nitrogens with zero attached hydrogens (tertiary/aromatic N) is 1. The van der Waals surface area contributed by atoms with Gasteiger partial charge in [-0.3, -0.25) is 5.84 Å². The fourth-order valence-electron chi connectivity index (χ4n) is 2.15. The molecule has 2 rings (SSSR count). The molecule has 2 nitrogen and oxygen atoms in total. The van der Waals surface area contributed by atoms with Crippen LogP contribution in [-0.2, 0) is 0 Å². The Morgan fingerprint density at radius 2 is 1.71 bits per heavy atom. The van der Waals surface area contributed by atoms with Gasteiger partial charge in [-0.1, -0.05) is 50.7 Å². The molecule has 0 aromatic heterocycles. The Morgan fingerprint density at radius 1 is 1.06 bits per heavy atom. The third-order valence-corrected chi connectivity index (χ3v) is 3.48. The smallest absolute Gasteiger partial charge is 0.0128 e. The highest BCUT2D eigenvalue weighted by atomic mass is 15.4. The van der Waals surface area contributed by atoms with Crippen LogP contribution in [0.1, 0.15) is 71.1 Å². The van der Waals surface area contributed by atoms with Crippen LogP contribution in [0, 0.1) is 0 Å². The summed E-state index contributed by atoms with van der Waals surface area (Å²) in [6.45, 7) is 4.46. The maximum Gasteiger partial charge on any atom is 0.0128 e. The molecule has 0 atom stereocenters.